The molecule has 6 atom stereocenters. The molecule has 0 saturated carbocycles. The fraction of sp³-hybridized carbons (Fsp3) is 0.421. The summed E-state index contributed by atoms with van der Waals surface area (Å²) in [4.78, 5) is 40.5. The number of pyridine rings is 1. The lowest BCUT2D eigenvalue weighted by atomic mass is 10.1. The third-order valence-corrected chi connectivity index (χ3v) is 9.47. The number of aromatic amines is 2. The average molecular weight is 636 g/mol. The lowest BCUT2D eigenvalue weighted by Gasteiger charge is -2.22. The fourth-order valence-electron chi connectivity index (χ4n) is 4.52. The summed E-state index contributed by atoms with van der Waals surface area (Å²) >= 11 is 9.17. The number of alkyl halides is 1. The van der Waals surface area contributed by atoms with Crippen molar-refractivity contribution in [2.75, 3.05) is 18.9 Å². The third-order valence-electron chi connectivity index (χ3n) is 6.26. The van der Waals surface area contributed by atoms with Gasteiger partial charge in [-0.05, 0) is 17.9 Å². The van der Waals surface area contributed by atoms with Crippen LogP contribution in [0.15, 0.2) is 29.6 Å². The number of imidazole rings is 2. The largest absolute Gasteiger partial charge is 0.387 e. The number of nitrogens with zero attached hydrogens (tertiary/aromatic N) is 5. The van der Waals surface area contributed by atoms with E-state index in [9.17, 15) is 14.3 Å². The molecule has 2 bridgehead atoms. The van der Waals surface area contributed by atoms with Crippen LogP contribution in [0.25, 0.3) is 22.2 Å². The molecule has 1 saturated heterocycles. The number of fused-ring (bicyclic) bond motifs is 6. The molecule has 214 valence electrons. The van der Waals surface area contributed by atoms with Crippen LogP contribution in [-0.2, 0) is 52.4 Å². The summed E-state index contributed by atoms with van der Waals surface area (Å²) in [5, 5.41) is 0. The molecule has 21 heteroatoms. The molecule has 2 unspecified atom stereocenters. The van der Waals surface area contributed by atoms with Gasteiger partial charge in [-0.2, -0.15) is 0 Å². The van der Waals surface area contributed by atoms with Crippen LogP contribution in [-0.4, -0.2) is 66.0 Å². The molecule has 6 heterocycles. The van der Waals surface area contributed by atoms with Gasteiger partial charge in [-0.25, -0.2) is 18.5 Å². The summed E-state index contributed by atoms with van der Waals surface area (Å²) in [6, 6.07) is 1.71. The molecule has 2 aliphatic heterocycles. The molecule has 4 aromatic rings. The molecule has 1 fully saturated rings. The van der Waals surface area contributed by atoms with Gasteiger partial charge < -0.3 is 29.0 Å². The average Bonchev–Trinajstić information content (AvgIpc) is 3.55. The summed E-state index contributed by atoms with van der Waals surface area (Å²) in [7, 11) is 0. The first-order chi connectivity index (χ1) is 19.0. The predicted octanol–water partition coefficient (Wildman–Crippen LogP) is 1.00. The molecule has 6 rings (SSSR count). The van der Waals surface area contributed by atoms with Crippen molar-refractivity contribution in [3.05, 3.63) is 41.0 Å². The molecule has 5 N–H and O–H groups in total. The highest BCUT2D eigenvalue weighted by Gasteiger charge is 2.52. The Morgan fingerprint density at radius 2 is 2.15 bits per heavy atom. The van der Waals surface area contributed by atoms with Crippen LogP contribution in [0.3, 0.4) is 0 Å². The predicted molar refractivity (Wildman–Crippen MR) is 142 cm³/mol. The zero-order chi connectivity index (χ0) is 28.2. The highest BCUT2D eigenvalue weighted by atomic mass is 32.7. The lowest BCUT2D eigenvalue weighted by Crippen LogP contribution is -2.46. The standard InChI is InChI=1S/C19H21FN8O8P2S2/c20-13-11-6-33-37(30,39)32-4-3-27-10-1-2-22-5-9(10)24-12(27)7-34-38(31,40)36-15(13)18(35-11)28-8-23-14-16(28)25-19(21)26-17(14)29/h1-2,5,8,11,13,15,18H,3-4,6-7H2,(H5,21,25,26,29,30,31,39,40)/p+1/t11-,13-,15-,18-,37?,38?/m1/s1. The number of nitrogens with two attached hydrogens (primary N) is 1. The van der Waals surface area contributed by atoms with E-state index in [1.54, 1.807) is 16.8 Å². The number of H-pyrrole nitrogens is 2. The van der Waals surface area contributed by atoms with Gasteiger partial charge in [0.2, 0.25) is 11.7 Å². The molecular formula is C19H22FN8O8P2S2+. The SMILES string of the molecule is Nc1nc2c([nH]c[n+]2[C@@H]2O[C@@H]3COP(O)(=S)OCCn4c(nc5cnccc54)COP(=O)(S)O[C@@H]2[C@@H]3F)c(=O)[nH]1. The molecule has 40 heavy (non-hydrogen) atoms. The summed E-state index contributed by atoms with van der Waals surface area (Å²) in [6.45, 7) is -8.90. The maximum Gasteiger partial charge on any atom is 0.387 e. The van der Waals surface area contributed by atoms with Crippen molar-refractivity contribution < 1.29 is 41.2 Å². The maximum atomic E-state index is 15.8. The Hall–Kier alpha value is -2.31. The van der Waals surface area contributed by atoms with Gasteiger partial charge in [-0.1, -0.05) is 17.2 Å². The monoisotopic (exact) mass is 635 g/mol. The number of hydrogen-bond donors (Lipinski definition) is 5. The van der Waals surface area contributed by atoms with Gasteiger partial charge in [0.1, 0.15) is 24.1 Å². The molecule has 4 aromatic heterocycles. The van der Waals surface area contributed by atoms with Crippen LogP contribution in [0.5, 0.6) is 0 Å². The van der Waals surface area contributed by atoms with Gasteiger partial charge in [0, 0.05) is 12.7 Å². The Labute approximate surface area is 233 Å². The summed E-state index contributed by atoms with van der Waals surface area (Å²) in [6.07, 6.45) is -1.91. The summed E-state index contributed by atoms with van der Waals surface area (Å²) in [5.74, 6) is 0.108. The van der Waals surface area contributed by atoms with Crippen LogP contribution < -0.4 is 15.9 Å². The van der Waals surface area contributed by atoms with E-state index in [-0.39, 0.29) is 36.9 Å². The Morgan fingerprint density at radius 3 is 2.98 bits per heavy atom. The highest BCUT2D eigenvalue weighted by Crippen LogP contribution is 2.57. The van der Waals surface area contributed by atoms with E-state index in [0.29, 0.717) is 16.9 Å². The van der Waals surface area contributed by atoms with Crippen molar-refractivity contribution in [3.8, 4) is 0 Å². The van der Waals surface area contributed by atoms with Crippen molar-refractivity contribution in [3.63, 3.8) is 0 Å². The molecule has 2 aliphatic rings. The van der Waals surface area contributed by atoms with Crippen molar-refractivity contribution in [2.45, 2.75) is 37.8 Å². The minimum Gasteiger partial charge on any atom is -0.355 e. The fourth-order valence-corrected chi connectivity index (χ4v) is 7.01. The van der Waals surface area contributed by atoms with E-state index < -0.39 is 50.3 Å². The van der Waals surface area contributed by atoms with E-state index in [1.807, 2.05) is 0 Å². The van der Waals surface area contributed by atoms with Crippen molar-refractivity contribution >= 4 is 65.7 Å². The highest BCUT2D eigenvalue weighted by molar-refractivity contribution is 8.44. The third kappa shape index (κ3) is 5.34. The van der Waals surface area contributed by atoms with Crippen LogP contribution in [0, 0.1) is 0 Å². The van der Waals surface area contributed by atoms with Crippen LogP contribution in [0.4, 0.5) is 10.3 Å². The van der Waals surface area contributed by atoms with Crippen molar-refractivity contribution in [1.82, 2.24) is 29.5 Å². The molecule has 0 spiro atoms. The number of aromatic nitrogens is 7. The second kappa shape index (κ2) is 10.5. The van der Waals surface area contributed by atoms with Crippen LogP contribution in [0.1, 0.15) is 12.1 Å². The second-order valence-corrected chi connectivity index (χ2v) is 14.5. The van der Waals surface area contributed by atoms with E-state index in [4.69, 9.17) is 40.4 Å². The molecule has 0 amide bonds. The van der Waals surface area contributed by atoms with Crippen molar-refractivity contribution in [2.24, 2.45) is 0 Å². The number of hydrogen-bond acceptors (Lipinski definition) is 12. The van der Waals surface area contributed by atoms with E-state index in [2.05, 4.69) is 37.2 Å². The first-order valence-corrected chi connectivity index (χ1v) is 16.9. The van der Waals surface area contributed by atoms with Gasteiger partial charge in [-0.15, -0.1) is 0 Å². The molecule has 16 nitrogen and oxygen atoms in total. The normalized spacial score (nSPS) is 32.1. The van der Waals surface area contributed by atoms with Gasteiger partial charge in [0.15, 0.2) is 18.6 Å². The second-order valence-electron chi connectivity index (χ2n) is 8.79. The van der Waals surface area contributed by atoms with E-state index in [0.717, 1.165) is 0 Å². The maximum absolute atomic E-state index is 15.8. The van der Waals surface area contributed by atoms with Crippen LogP contribution >= 0.6 is 25.8 Å². The lowest BCUT2D eigenvalue weighted by molar-refractivity contribution is -0.744. The Bertz CT molecular complexity index is 1750. The summed E-state index contributed by atoms with van der Waals surface area (Å²) < 4.78 is 60.0. The Morgan fingerprint density at radius 1 is 1.32 bits per heavy atom. The van der Waals surface area contributed by atoms with Gasteiger partial charge in [0.25, 0.3) is 11.5 Å². The molecule has 0 radical (unpaired) electrons. The topological polar surface area (TPSA) is 206 Å². The zero-order valence-corrected chi connectivity index (χ0v) is 23.7. The van der Waals surface area contributed by atoms with Gasteiger partial charge in [-0.3, -0.25) is 28.8 Å². The Balaban J connectivity index is 1.38. The van der Waals surface area contributed by atoms with Gasteiger partial charge >= 0.3 is 19.2 Å². The quantitative estimate of drug-likeness (QED) is 0.113. The summed E-state index contributed by atoms with van der Waals surface area (Å²) in [5.41, 5.74) is 6.33. The first-order valence-electron chi connectivity index (χ1n) is 11.7. The molecule has 0 aromatic carbocycles. The number of nitrogens with one attached hydrogen (secondary N) is 2. The Kier molecular flexibility index (Phi) is 7.31. The number of rotatable bonds is 1. The van der Waals surface area contributed by atoms with Crippen LogP contribution in [0.2, 0.25) is 0 Å². The number of halogens is 1. The zero-order valence-electron chi connectivity index (χ0n) is 20.2. The molecular weight excluding hydrogens is 613 g/mol. The van der Waals surface area contributed by atoms with Gasteiger partial charge in [0.05, 0.1) is 24.9 Å². The number of thiol groups is 1. The first kappa shape index (κ1) is 27.8. The van der Waals surface area contributed by atoms with E-state index >= 15 is 4.39 Å². The van der Waals surface area contributed by atoms with E-state index in [1.165, 1.54) is 17.1 Å². The minimum atomic E-state index is -4.27. The molecule has 0 aliphatic carbocycles. The number of anilines is 1. The smallest absolute Gasteiger partial charge is 0.355 e. The minimum absolute atomic E-state index is 0.0101. The number of ether oxygens (including phenoxy) is 1. The van der Waals surface area contributed by atoms with Crippen molar-refractivity contribution in [1.29, 1.82) is 0 Å². The number of nitrogen functional groups attached to an aromatic ring is 1.